The van der Waals surface area contributed by atoms with Gasteiger partial charge < -0.3 is 4.90 Å². The van der Waals surface area contributed by atoms with Gasteiger partial charge in [0.25, 0.3) is 0 Å². The molecule has 0 saturated carbocycles. The molecule has 17 heavy (non-hydrogen) atoms. The average molecular weight is 302 g/mol. The van der Waals surface area contributed by atoms with E-state index in [-0.39, 0.29) is 5.69 Å². The molecule has 0 aliphatic heterocycles. The van der Waals surface area contributed by atoms with E-state index in [4.69, 9.17) is 0 Å². The molecule has 0 aromatic carbocycles. The van der Waals surface area contributed by atoms with Gasteiger partial charge in [-0.3, -0.25) is 4.57 Å². The molecule has 0 aliphatic rings. The van der Waals surface area contributed by atoms with Crippen molar-refractivity contribution in [3.63, 3.8) is 0 Å². The molecule has 0 bridgehead atoms. The molecule has 0 saturated heterocycles. The first kappa shape index (κ1) is 14.4. The van der Waals surface area contributed by atoms with Crippen LogP contribution in [0.25, 0.3) is 0 Å². The third-order valence-electron chi connectivity index (χ3n) is 3.07. The zero-order valence-electron chi connectivity index (χ0n) is 11.0. The Morgan fingerprint density at radius 3 is 2.41 bits per heavy atom. The summed E-state index contributed by atoms with van der Waals surface area (Å²) in [5, 5.41) is 0. The predicted molar refractivity (Wildman–Crippen MR) is 73.5 cm³/mol. The molecule has 0 amide bonds. The fourth-order valence-corrected chi connectivity index (χ4v) is 2.12. The van der Waals surface area contributed by atoms with Crippen molar-refractivity contribution in [3.8, 4) is 0 Å². The van der Waals surface area contributed by atoms with Gasteiger partial charge >= 0.3 is 5.69 Å². The van der Waals surface area contributed by atoms with Gasteiger partial charge in [0.2, 0.25) is 0 Å². The maximum absolute atomic E-state index is 11.8. The van der Waals surface area contributed by atoms with Crippen LogP contribution in [0.2, 0.25) is 0 Å². The van der Waals surface area contributed by atoms with Crippen LogP contribution in [0.15, 0.2) is 9.27 Å². The van der Waals surface area contributed by atoms with Crippen molar-refractivity contribution in [2.75, 3.05) is 19.6 Å². The summed E-state index contributed by atoms with van der Waals surface area (Å²) >= 11 is 3.47. The third kappa shape index (κ3) is 3.39. The van der Waals surface area contributed by atoms with Crippen molar-refractivity contribution in [2.24, 2.45) is 0 Å². The van der Waals surface area contributed by atoms with Crippen LogP contribution in [-0.2, 0) is 6.54 Å². The summed E-state index contributed by atoms with van der Waals surface area (Å²) in [6.45, 7) is 11.6. The minimum Gasteiger partial charge on any atom is -0.302 e. The van der Waals surface area contributed by atoms with E-state index in [2.05, 4.69) is 39.7 Å². The lowest BCUT2D eigenvalue weighted by atomic mass is 10.3. The molecule has 0 atom stereocenters. The fraction of sp³-hybridized carbons (Fsp3) is 0.667. The van der Waals surface area contributed by atoms with Gasteiger partial charge in [0.05, 0.1) is 10.2 Å². The first-order valence-corrected chi connectivity index (χ1v) is 6.76. The quantitative estimate of drug-likeness (QED) is 0.834. The van der Waals surface area contributed by atoms with Crippen LogP contribution in [-0.4, -0.2) is 34.1 Å². The Morgan fingerprint density at radius 1 is 1.29 bits per heavy atom. The molecule has 1 aromatic heterocycles. The number of hydrogen-bond acceptors (Lipinski definition) is 3. The van der Waals surface area contributed by atoms with Gasteiger partial charge in [0, 0.05) is 18.8 Å². The standard InChI is InChI=1S/C12H20BrN3O/c1-5-15(6-2)7-8-16-10(4)11(13)9(3)14-12(16)17/h5-8H2,1-4H3. The van der Waals surface area contributed by atoms with E-state index < -0.39 is 0 Å². The summed E-state index contributed by atoms with van der Waals surface area (Å²) in [7, 11) is 0. The number of nitrogens with zero attached hydrogens (tertiary/aromatic N) is 3. The second-order valence-corrected chi connectivity index (χ2v) is 4.85. The highest BCUT2D eigenvalue weighted by Crippen LogP contribution is 2.16. The van der Waals surface area contributed by atoms with Crippen molar-refractivity contribution in [3.05, 3.63) is 26.3 Å². The van der Waals surface area contributed by atoms with Crippen molar-refractivity contribution >= 4 is 15.9 Å². The zero-order valence-corrected chi connectivity index (χ0v) is 12.5. The molecule has 0 aliphatic carbocycles. The topological polar surface area (TPSA) is 38.1 Å². The average Bonchev–Trinajstić information content (AvgIpc) is 2.31. The monoisotopic (exact) mass is 301 g/mol. The van der Waals surface area contributed by atoms with Gasteiger partial charge in [-0.25, -0.2) is 4.79 Å². The summed E-state index contributed by atoms with van der Waals surface area (Å²) < 4.78 is 2.66. The highest BCUT2D eigenvalue weighted by Gasteiger charge is 2.09. The molecule has 96 valence electrons. The zero-order chi connectivity index (χ0) is 13.0. The molecule has 0 N–H and O–H groups in total. The molecule has 0 spiro atoms. The Bertz CT molecular complexity index is 438. The van der Waals surface area contributed by atoms with E-state index in [0.717, 1.165) is 35.5 Å². The van der Waals surface area contributed by atoms with Crippen LogP contribution in [0.5, 0.6) is 0 Å². The number of rotatable bonds is 5. The maximum atomic E-state index is 11.8. The lowest BCUT2D eigenvalue weighted by Crippen LogP contribution is -2.33. The van der Waals surface area contributed by atoms with Gasteiger partial charge in [-0.1, -0.05) is 13.8 Å². The largest absolute Gasteiger partial charge is 0.348 e. The molecular weight excluding hydrogens is 282 g/mol. The predicted octanol–water partition coefficient (Wildman–Crippen LogP) is 1.96. The van der Waals surface area contributed by atoms with Gasteiger partial charge in [0.1, 0.15) is 0 Å². The molecule has 4 nitrogen and oxygen atoms in total. The first-order chi connectivity index (χ1) is 8.01. The summed E-state index contributed by atoms with van der Waals surface area (Å²) in [4.78, 5) is 18.1. The van der Waals surface area contributed by atoms with Crippen LogP contribution < -0.4 is 5.69 Å². The van der Waals surface area contributed by atoms with E-state index in [0.29, 0.717) is 6.54 Å². The Hall–Kier alpha value is -0.680. The number of halogens is 1. The number of likely N-dealkylation sites (N-methyl/N-ethyl adjacent to an activating group) is 1. The molecule has 1 heterocycles. The van der Waals surface area contributed by atoms with Crippen molar-refractivity contribution < 1.29 is 0 Å². The number of aromatic nitrogens is 2. The highest BCUT2D eigenvalue weighted by atomic mass is 79.9. The lowest BCUT2D eigenvalue weighted by molar-refractivity contribution is 0.287. The second kappa shape index (κ2) is 6.31. The summed E-state index contributed by atoms with van der Waals surface area (Å²) in [5.41, 5.74) is 1.55. The molecule has 1 rings (SSSR count). The third-order valence-corrected chi connectivity index (χ3v) is 4.22. The normalized spacial score (nSPS) is 11.2. The van der Waals surface area contributed by atoms with Crippen LogP contribution in [0.1, 0.15) is 25.2 Å². The second-order valence-electron chi connectivity index (χ2n) is 4.06. The van der Waals surface area contributed by atoms with Crippen LogP contribution in [0.4, 0.5) is 0 Å². The van der Waals surface area contributed by atoms with Crippen LogP contribution in [0.3, 0.4) is 0 Å². The van der Waals surface area contributed by atoms with Gasteiger partial charge in [-0.05, 0) is 42.9 Å². The SMILES string of the molecule is CCN(CC)CCn1c(C)c(Br)c(C)nc1=O. The van der Waals surface area contributed by atoms with Crippen molar-refractivity contribution in [1.29, 1.82) is 0 Å². The van der Waals surface area contributed by atoms with E-state index in [1.807, 2.05) is 13.8 Å². The Morgan fingerprint density at radius 2 is 1.88 bits per heavy atom. The molecule has 0 fully saturated rings. The summed E-state index contributed by atoms with van der Waals surface area (Å²) in [6, 6.07) is 0. The van der Waals surface area contributed by atoms with E-state index in [1.54, 1.807) is 4.57 Å². The van der Waals surface area contributed by atoms with Crippen LogP contribution in [0, 0.1) is 13.8 Å². The molecule has 5 heteroatoms. The smallest absolute Gasteiger partial charge is 0.302 e. The Labute approximate surface area is 111 Å². The molecule has 0 radical (unpaired) electrons. The minimum absolute atomic E-state index is 0.157. The van der Waals surface area contributed by atoms with Gasteiger partial charge in [-0.2, -0.15) is 4.98 Å². The van der Waals surface area contributed by atoms with Gasteiger partial charge in [0.15, 0.2) is 0 Å². The maximum Gasteiger partial charge on any atom is 0.348 e. The van der Waals surface area contributed by atoms with Gasteiger partial charge in [-0.15, -0.1) is 0 Å². The summed E-state index contributed by atoms with van der Waals surface area (Å²) in [6.07, 6.45) is 0. The van der Waals surface area contributed by atoms with E-state index in [9.17, 15) is 4.79 Å². The van der Waals surface area contributed by atoms with E-state index >= 15 is 0 Å². The highest BCUT2D eigenvalue weighted by molar-refractivity contribution is 9.10. The first-order valence-electron chi connectivity index (χ1n) is 5.97. The number of aryl methyl sites for hydroxylation is 1. The summed E-state index contributed by atoms with van der Waals surface area (Å²) in [5.74, 6) is 0. The minimum atomic E-state index is -0.157. The Balaban J connectivity index is 2.92. The van der Waals surface area contributed by atoms with Crippen molar-refractivity contribution in [2.45, 2.75) is 34.2 Å². The fourth-order valence-electron chi connectivity index (χ4n) is 1.82. The van der Waals surface area contributed by atoms with E-state index in [1.165, 1.54) is 0 Å². The molecular formula is C12H20BrN3O. The Kier molecular flexibility index (Phi) is 5.33. The van der Waals surface area contributed by atoms with Crippen LogP contribution >= 0.6 is 15.9 Å². The molecule has 0 unspecified atom stereocenters. The number of hydrogen-bond donors (Lipinski definition) is 0. The molecule has 1 aromatic rings. The van der Waals surface area contributed by atoms with Crippen molar-refractivity contribution in [1.82, 2.24) is 14.5 Å². The lowest BCUT2D eigenvalue weighted by Gasteiger charge is -2.19.